The lowest BCUT2D eigenvalue weighted by atomic mass is 9.57. The summed E-state index contributed by atoms with van der Waals surface area (Å²) in [5.41, 5.74) is 0. The van der Waals surface area contributed by atoms with E-state index in [9.17, 15) is 0 Å². The number of rotatable bonds is 7. The predicted molar refractivity (Wildman–Crippen MR) is 60.4 cm³/mol. The van der Waals surface area contributed by atoms with Crippen molar-refractivity contribution < 1.29 is 0 Å². The van der Waals surface area contributed by atoms with Crippen molar-refractivity contribution in [2.45, 2.75) is 65.5 Å². The van der Waals surface area contributed by atoms with Crippen molar-refractivity contribution in [3.05, 3.63) is 0 Å². The summed E-state index contributed by atoms with van der Waals surface area (Å²) in [6, 6.07) is 0. The molecule has 0 saturated heterocycles. The van der Waals surface area contributed by atoms with Gasteiger partial charge in [0.2, 0.25) is 0 Å². The third-order valence-electron chi connectivity index (χ3n) is 3.13. The lowest BCUT2D eigenvalue weighted by Gasteiger charge is -2.16. The molecule has 0 aliphatic rings. The fourth-order valence-corrected chi connectivity index (χ4v) is 1.58. The van der Waals surface area contributed by atoms with Crippen LogP contribution >= 0.6 is 0 Å². The molecule has 0 heterocycles. The zero-order chi connectivity index (χ0) is 9.40. The Balaban J connectivity index is 3.24. The van der Waals surface area contributed by atoms with Crippen LogP contribution in [0.1, 0.15) is 53.4 Å². The highest BCUT2D eigenvalue weighted by Gasteiger charge is 2.10. The molecule has 0 N–H and O–H groups in total. The normalized spacial score (nSPS) is 15.7. The molecule has 0 fully saturated rings. The fourth-order valence-electron chi connectivity index (χ4n) is 1.58. The maximum Gasteiger partial charge on any atom is 0.124 e. The van der Waals surface area contributed by atoms with Gasteiger partial charge in [-0.25, -0.2) is 0 Å². The van der Waals surface area contributed by atoms with Crippen LogP contribution in [0.15, 0.2) is 0 Å². The monoisotopic (exact) mass is 168 g/mol. The summed E-state index contributed by atoms with van der Waals surface area (Å²) in [6.45, 7) is 9.36. The molecule has 0 aliphatic heterocycles. The molecule has 0 amide bonds. The third-order valence-corrected chi connectivity index (χ3v) is 3.13. The molecule has 0 radical (unpaired) electrons. The minimum Gasteiger partial charge on any atom is -0.0772 e. The van der Waals surface area contributed by atoms with E-state index in [0.717, 1.165) is 11.7 Å². The van der Waals surface area contributed by atoms with E-state index in [1.807, 2.05) is 0 Å². The molecule has 2 atom stereocenters. The Labute approximate surface area is 79.4 Å². The average molecular weight is 168 g/mol. The van der Waals surface area contributed by atoms with Crippen molar-refractivity contribution in [1.82, 2.24) is 0 Å². The van der Waals surface area contributed by atoms with E-state index >= 15 is 0 Å². The minimum atomic E-state index is 0.923. The first-order valence-electron chi connectivity index (χ1n) is 5.72. The number of unbranched alkanes of at least 4 members (excludes halogenated alkanes) is 2. The van der Waals surface area contributed by atoms with Crippen LogP contribution in [0.25, 0.3) is 0 Å². The van der Waals surface area contributed by atoms with Gasteiger partial charge in [-0.15, -0.1) is 0 Å². The lowest BCUT2D eigenvalue weighted by molar-refractivity contribution is 0.537. The third kappa shape index (κ3) is 5.68. The minimum absolute atomic E-state index is 0.923. The maximum absolute atomic E-state index is 2.40. The molecular weight excluding hydrogens is 143 g/mol. The van der Waals surface area contributed by atoms with Crippen LogP contribution in [0.5, 0.6) is 0 Å². The van der Waals surface area contributed by atoms with E-state index in [1.165, 1.54) is 39.3 Å². The Morgan fingerprint density at radius 2 is 1.75 bits per heavy atom. The van der Waals surface area contributed by atoms with Crippen LogP contribution in [0.4, 0.5) is 0 Å². The van der Waals surface area contributed by atoms with Gasteiger partial charge in [-0.1, -0.05) is 65.5 Å². The van der Waals surface area contributed by atoms with Crippen molar-refractivity contribution in [2.24, 2.45) is 5.92 Å². The Kier molecular flexibility index (Phi) is 7.74. The van der Waals surface area contributed by atoms with Crippen molar-refractivity contribution >= 4 is 7.28 Å². The van der Waals surface area contributed by atoms with Crippen molar-refractivity contribution in [3.63, 3.8) is 0 Å². The molecule has 0 saturated carbocycles. The summed E-state index contributed by atoms with van der Waals surface area (Å²) >= 11 is 0. The summed E-state index contributed by atoms with van der Waals surface area (Å²) in [7, 11) is 1.44. The summed E-state index contributed by atoms with van der Waals surface area (Å²) in [5.74, 6) is 1.86. The van der Waals surface area contributed by atoms with Gasteiger partial charge >= 0.3 is 0 Å². The van der Waals surface area contributed by atoms with Crippen molar-refractivity contribution in [1.29, 1.82) is 0 Å². The first-order valence-corrected chi connectivity index (χ1v) is 5.72. The van der Waals surface area contributed by atoms with Crippen molar-refractivity contribution in [2.75, 3.05) is 0 Å². The summed E-state index contributed by atoms with van der Waals surface area (Å²) < 4.78 is 0. The van der Waals surface area contributed by atoms with Crippen LogP contribution in [0, 0.1) is 5.92 Å². The molecular formula is C11H25B. The van der Waals surface area contributed by atoms with Gasteiger partial charge in [-0.2, -0.15) is 0 Å². The summed E-state index contributed by atoms with van der Waals surface area (Å²) in [5, 5.41) is 0. The highest BCUT2D eigenvalue weighted by Crippen LogP contribution is 2.20. The Bertz CT molecular complexity index is 91.0. The molecule has 0 aromatic heterocycles. The molecule has 0 aliphatic carbocycles. The molecule has 0 spiro atoms. The molecule has 0 aromatic rings. The van der Waals surface area contributed by atoms with Gasteiger partial charge < -0.3 is 0 Å². The van der Waals surface area contributed by atoms with Gasteiger partial charge in [0, 0.05) is 0 Å². The first-order chi connectivity index (χ1) is 5.72. The largest absolute Gasteiger partial charge is 0.124 e. The van der Waals surface area contributed by atoms with Crippen molar-refractivity contribution in [3.8, 4) is 0 Å². The van der Waals surface area contributed by atoms with Gasteiger partial charge in [0.25, 0.3) is 0 Å². The SMILES string of the molecule is CCCCCBC(C)C(C)CC. The van der Waals surface area contributed by atoms with Gasteiger partial charge in [-0.05, 0) is 5.92 Å². The highest BCUT2D eigenvalue weighted by atomic mass is 14.0. The Hall–Kier alpha value is 0.0649. The van der Waals surface area contributed by atoms with Gasteiger partial charge in [0.15, 0.2) is 0 Å². The van der Waals surface area contributed by atoms with Crippen LogP contribution in [-0.2, 0) is 0 Å². The van der Waals surface area contributed by atoms with E-state index in [-0.39, 0.29) is 0 Å². The number of hydrogen-bond donors (Lipinski definition) is 0. The van der Waals surface area contributed by atoms with E-state index in [0.29, 0.717) is 0 Å². The summed E-state index contributed by atoms with van der Waals surface area (Å²) in [6.07, 6.45) is 7.01. The molecule has 1 heteroatoms. The summed E-state index contributed by atoms with van der Waals surface area (Å²) in [4.78, 5) is 0. The number of hydrogen-bond acceptors (Lipinski definition) is 0. The standard InChI is InChI=1S/C11H25B/c1-5-7-8-9-12-11(4)10(3)6-2/h10-12H,5-9H2,1-4H3. The van der Waals surface area contributed by atoms with Gasteiger partial charge in [0.05, 0.1) is 0 Å². The van der Waals surface area contributed by atoms with Crippen LogP contribution in [0.2, 0.25) is 12.1 Å². The predicted octanol–water partition coefficient (Wildman–Crippen LogP) is 3.89. The molecule has 0 nitrogen and oxygen atoms in total. The molecule has 0 bridgehead atoms. The van der Waals surface area contributed by atoms with E-state index in [2.05, 4.69) is 27.7 Å². The second kappa shape index (κ2) is 7.70. The average Bonchev–Trinajstić information content (AvgIpc) is 2.10. The lowest BCUT2D eigenvalue weighted by Crippen LogP contribution is -2.08. The molecule has 12 heavy (non-hydrogen) atoms. The highest BCUT2D eigenvalue weighted by molar-refractivity contribution is 6.37. The zero-order valence-corrected chi connectivity index (χ0v) is 9.40. The van der Waals surface area contributed by atoms with E-state index in [1.54, 1.807) is 0 Å². The molecule has 0 rings (SSSR count). The first kappa shape index (κ1) is 12.1. The molecule has 72 valence electrons. The van der Waals surface area contributed by atoms with Gasteiger partial charge in [-0.3, -0.25) is 0 Å². The second-order valence-electron chi connectivity index (χ2n) is 4.21. The van der Waals surface area contributed by atoms with Crippen LogP contribution in [0.3, 0.4) is 0 Å². The quantitative estimate of drug-likeness (QED) is 0.399. The topological polar surface area (TPSA) is 0 Å². The van der Waals surface area contributed by atoms with Crippen LogP contribution < -0.4 is 0 Å². The fraction of sp³-hybridized carbons (Fsp3) is 1.00. The smallest absolute Gasteiger partial charge is 0.0772 e. The zero-order valence-electron chi connectivity index (χ0n) is 9.40. The molecule has 2 unspecified atom stereocenters. The Morgan fingerprint density at radius 3 is 2.25 bits per heavy atom. The second-order valence-corrected chi connectivity index (χ2v) is 4.21. The van der Waals surface area contributed by atoms with E-state index in [4.69, 9.17) is 0 Å². The van der Waals surface area contributed by atoms with Gasteiger partial charge in [0.1, 0.15) is 7.28 Å². The molecule has 0 aromatic carbocycles. The van der Waals surface area contributed by atoms with E-state index < -0.39 is 0 Å². The Morgan fingerprint density at radius 1 is 1.08 bits per heavy atom. The van der Waals surface area contributed by atoms with Crippen LogP contribution in [-0.4, -0.2) is 7.28 Å². The maximum atomic E-state index is 2.40.